The minimum absolute atomic E-state index is 0.0672. The molecule has 34 heavy (non-hydrogen) atoms. The summed E-state index contributed by atoms with van der Waals surface area (Å²) in [5.41, 5.74) is 2.48. The van der Waals surface area contributed by atoms with Crippen molar-refractivity contribution in [1.82, 2.24) is 4.98 Å². The van der Waals surface area contributed by atoms with E-state index in [0.717, 1.165) is 15.8 Å². The number of nitro groups is 1. The number of aryl methyl sites for hydroxylation is 2. The van der Waals surface area contributed by atoms with Crippen LogP contribution in [0, 0.1) is 24.0 Å². The van der Waals surface area contributed by atoms with Gasteiger partial charge in [0.15, 0.2) is 16.7 Å². The van der Waals surface area contributed by atoms with E-state index in [-0.39, 0.29) is 27.7 Å². The molecule has 1 N–H and O–H groups in total. The topological polar surface area (TPSA) is 127 Å². The first kappa shape index (κ1) is 21.5. The highest BCUT2D eigenvalue weighted by Gasteiger charge is 2.46. The molecule has 2 aromatic heterocycles. The number of benzene rings is 2. The lowest BCUT2D eigenvalue weighted by molar-refractivity contribution is -0.384. The number of aliphatic hydroxyl groups excluding tert-OH is 1. The maximum atomic E-state index is 13.3. The summed E-state index contributed by atoms with van der Waals surface area (Å²) >= 11 is 1.24. The van der Waals surface area contributed by atoms with Crippen LogP contribution in [0.5, 0.6) is 0 Å². The highest BCUT2D eigenvalue weighted by Crippen LogP contribution is 2.45. The zero-order valence-corrected chi connectivity index (χ0v) is 18.8. The van der Waals surface area contributed by atoms with Crippen molar-refractivity contribution in [2.24, 2.45) is 0 Å². The summed E-state index contributed by atoms with van der Waals surface area (Å²) in [6.07, 6.45) is 1.31. The third-order valence-electron chi connectivity index (χ3n) is 5.62. The molecule has 10 heteroatoms. The van der Waals surface area contributed by atoms with Crippen LogP contribution in [-0.2, 0) is 4.79 Å². The number of hydrogen-bond acceptors (Lipinski definition) is 8. The number of aromatic nitrogens is 1. The average molecular weight is 475 g/mol. The Balaban J connectivity index is 1.72. The molecule has 0 radical (unpaired) electrons. The Morgan fingerprint density at radius 1 is 1.21 bits per heavy atom. The number of carbonyl (C=O) groups excluding carboxylic acids is 2. The van der Waals surface area contributed by atoms with Gasteiger partial charge in [-0.1, -0.05) is 29.5 Å². The molecule has 2 aromatic carbocycles. The molecule has 1 amide bonds. The van der Waals surface area contributed by atoms with Crippen LogP contribution in [-0.4, -0.2) is 26.7 Å². The Labute approximate surface area is 196 Å². The van der Waals surface area contributed by atoms with Crippen LogP contribution < -0.4 is 4.90 Å². The minimum Gasteiger partial charge on any atom is -0.503 e. The fourth-order valence-corrected chi connectivity index (χ4v) is 5.33. The number of ketones is 1. The Kier molecular flexibility index (Phi) is 5.02. The van der Waals surface area contributed by atoms with E-state index in [4.69, 9.17) is 4.42 Å². The van der Waals surface area contributed by atoms with Gasteiger partial charge in [0.05, 0.1) is 33.0 Å². The van der Waals surface area contributed by atoms with E-state index in [9.17, 15) is 24.8 Å². The van der Waals surface area contributed by atoms with E-state index in [1.165, 1.54) is 52.8 Å². The second-order valence-electron chi connectivity index (χ2n) is 7.92. The van der Waals surface area contributed by atoms with Crippen molar-refractivity contribution < 1.29 is 24.0 Å². The molecule has 0 unspecified atom stereocenters. The van der Waals surface area contributed by atoms with Gasteiger partial charge in [-0.05, 0) is 48.7 Å². The zero-order chi connectivity index (χ0) is 24.1. The normalized spacial score (nSPS) is 16.0. The third-order valence-corrected chi connectivity index (χ3v) is 6.62. The van der Waals surface area contributed by atoms with Gasteiger partial charge in [0.1, 0.15) is 0 Å². The van der Waals surface area contributed by atoms with Crippen LogP contribution in [0.2, 0.25) is 0 Å². The first-order valence-electron chi connectivity index (χ1n) is 10.2. The molecule has 170 valence electrons. The molecule has 0 saturated heterocycles. The molecule has 0 aliphatic carbocycles. The van der Waals surface area contributed by atoms with E-state index in [1.54, 1.807) is 6.07 Å². The van der Waals surface area contributed by atoms with Crippen molar-refractivity contribution in [3.05, 3.63) is 98.7 Å². The summed E-state index contributed by atoms with van der Waals surface area (Å²) in [5, 5.41) is 22.5. The standard InChI is InChI=1S/C24H17N3O6S/c1-12-9-13(2)19-17(10-12)34-24(25-19)26-20(14-5-3-6-15(11-14)27(31)32)18(22(29)23(26)30)21(28)16-7-4-8-33-16/h3-11,20,29H,1-2H3/t20-/m1/s1. The highest BCUT2D eigenvalue weighted by molar-refractivity contribution is 7.22. The van der Waals surface area contributed by atoms with Crippen LogP contribution in [0.15, 0.2) is 70.5 Å². The smallest absolute Gasteiger partial charge is 0.296 e. The van der Waals surface area contributed by atoms with Crippen molar-refractivity contribution in [3.8, 4) is 0 Å². The molecule has 0 fully saturated rings. The Hall–Kier alpha value is -4.31. The van der Waals surface area contributed by atoms with Crippen molar-refractivity contribution in [2.45, 2.75) is 19.9 Å². The van der Waals surface area contributed by atoms with E-state index < -0.39 is 28.4 Å². The number of anilines is 1. The fraction of sp³-hybridized carbons (Fsp3) is 0.125. The molecule has 0 spiro atoms. The van der Waals surface area contributed by atoms with Gasteiger partial charge in [-0.3, -0.25) is 24.6 Å². The zero-order valence-electron chi connectivity index (χ0n) is 18.0. The number of aliphatic hydroxyl groups is 1. The minimum atomic E-state index is -1.13. The van der Waals surface area contributed by atoms with Crippen molar-refractivity contribution in [1.29, 1.82) is 0 Å². The van der Waals surface area contributed by atoms with Crippen molar-refractivity contribution in [3.63, 3.8) is 0 Å². The molecule has 1 aliphatic heterocycles. The maximum Gasteiger partial charge on any atom is 0.296 e. The lowest BCUT2D eigenvalue weighted by Gasteiger charge is -2.24. The quantitative estimate of drug-likeness (QED) is 0.239. The van der Waals surface area contributed by atoms with Crippen molar-refractivity contribution in [2.75, 3.05) is 4.90 Å². The molecule has 0 bridgehead atoms. The summed E-state index contributed by atoms with van der Waals surface area (Å²) in [6.45, 7) is 3.86. The van der Waals surface area contributed by atoms with Gasteiger partial charge in [0.2, 0.25) is 5.78 Å². The Morgan fingerprint density at radius 3 is 2.71 bits per heavy atom. The van der Waals surface area contributed by atoms with Gasteiger partial charge in [0.25, 0.3) is 11.6 Å². The fourth-order valence-electron chi connectivity index (χ4n) is 4.16. The number of amides is 1. The second kappa shape index (κ2) is 7.92. The van der Waals surface area contributed by atoms with E-state index in [0.29, 0.717) is 5.52 Å². The first-order valence-corrected chi connectivity index (χ1v) is 11.0. The highest BCUT2D eigenvalue weighted by atomic mass is 32.1. The summed E-state index contributed by atoms with van der Waals surface area (Å²) < 4.78 is 6.05. The summed E-state index contributed by atoms with van der Waals surface area (Å²) in [7, 11) is 0. The molecular weight excluding hydrogens is 458 g/mol. The SMILES string of the molecule is Cc1cc(C)c2nc(N3C(=O)C(O)=C(C(=O)c4ccco4)[C@H]3c3cccc([N+](=O)[O-])c3)sc2c1. The maximum absolute atomic E-state index is 13.3. The molecule has 3 heterocycles. The number of thiazole rings is 1. The van der Waals surface area contributed by atoms with Gasteiger partial charge >= 0.3 is 0 Å². The molecule has 0 saturated carbocycles. The van der Waals surface area contributed by atoms with Gasteiger partial charge in [-0.2, -0.15) is 0 Å². The number of nitro benzene ring substituents is 1. The number of Topliss-reactive ketones (excluding diaryl/α,β-unsaturated/α-hetero) is 1. The van der Waals surface area contributed by atoms with E-state index in [2.05, 4.69) is 4.98 Å². The summed E-state index contributed by atoms with van der Waals surface area (Å²) in [4.78, 5) is 43.2. The van der Waals surface area contributed by atoms with Crippen LogP contribution in [0.3, 0.4) is 0 Å². The summed E-state index contributed by atoms with van der Waals surface area (Å²) in [6, 6.07) is 11.3. The predicted octanol–water partition coefficient (Wildman–Crippen LogP) is 5.20. The van der Waals surface area contributed by atoms with Gasteiger partial charge in [-0.15, -0.1) is 0 Å². The van der Waals surface area contributed by atoms with Crippen LogP contribution in [0.1, 0.15) is 33.3 Å². The molecule has 1 atom stereocenters. The number of furan rings is 1. The number of fused-ring (bicyclic) bond motifs is 1. The van der Waals surface area contributed by atoms with Gasteiger partial charge in [-0.25, -0.2) is 4.98 Å². The van der Waals surface area contributed by atoms with Gasteiger partial charge in [0, 0.05) is 12.1 Å². The Morgan fingerprint density at radius 2 is 2.00 bits per heavy atom. The third kappa shape index (κ3) is 3.35. The van der Waals surface area contributed by atoms with E-state index in [1.807, 2.05) is 26.0 Å². The van der Waals surface area contributed by atoms with Crippen LogP contribution in [0.4, 0.5) is 10.8 Å². The average Bonchev–Trinajstić information content (AvgIpc) is 3.53. The lowest BCUT2D eigenvalue weighted by Crippen LogP contribution is -2.31. The number of rotatable bonds is 5. The molecule has 5 rings (SSSR count). The lowest BCUT2D eigenvalue weighted by atomic mass is 9.95. The largest absolute Gasteiger partial charge is 0.503 e. The Bertz CT molecular complexity index is 1520. The molecular formula is C24H17N3O6S. The number of non-ortho nitro benzene ring substituents is 1. The van der Waals surface area contributed by atoms with Crippen LogP contribution >= 0.6 is 11.3 Å². The molecule has 4 aromatic rings. The molecule has 1 aliphatic rings. The van der Waals surface area contributed by atoms with Gasteiger partial charge < -0.3 is 9.52 Å². The monoisotopic (exact) mass is 475 g/mol. The first-order chi connectivity index (χ1) is 16.3. The van der Waals surface area contributed by atoms with E-state index >= 15 is 0 Å². The van der Waals surface area contributed by atoms with Crippen molar-refractivity contribution >= 4 is 44.1 Å². The van der Waals surface area contributed by atoms with Crippen LogP contribution in [0.25, 0.3) is 10.2 Å². The number of carbonyl (C=O) groups is 2. The number of nitrogens with zero attached hydrogens (tertiary/aromatic N) is 3. The number of hydrogen-bond donors (Lipinski definition) is 1. The second-order valence-corrected chi connectivity index (χ2v) is 8.93. The predicted molar refractivity (Wildman–Crippen MR) is 125 cm³/mol. The summed E-state index contributed by atoms with van der Waals surface area (Å²) in [5.74, 6) is -2.32. The molecule has 9 nitrogen and oxygen atoms in total.